The van der Waals surface area contributed by atoms with Crippen molar-refractivity contribution in [3.8, 4) is 5.75 Å². The van der Waals surface area contributed by atoms with Crippen LogP contribution in [0.4, 0.5) is 5.69 Å². The van der Waals surface area contributed by atoms with E-state index in [9.17, 15) is 14.7 Å². The van der Waals surface area contributed by atoms with Crippen LogP contribution in [0.5, 0.6) is 5.75 Å². The first-order valence-electron chi connectivity index (χ1n) is 9.02. The Morgan fingerprint density at radius 3 is 2.42 bits per heavy atom. The highest BCUT2D eigenvalue weighted by molar-refractivity contribution is 6.06. The average molecular weight is 352 g/mol. The molecule has 0 aromatic heterocycles. The molecule has 2 amide bonds. The number of rotatable bonds is 6. The second-order valence-electron chi connectivity index (χ2n) is 6.83. The van der Waals surface area contributed by atoms with Gasteiger partial charge in [0.1, 0.15) is 5.75 Å². The van der Waals surface area contributed by atoms with E-state index in [0.29, 0.717) is 16.8 Å². The number of aromatic hydroxyl groups is 1. The molecule has 136 valence electrons. The molecule has 5 heteroatoms. The molecule has 0 aliphatic heterocycles. The van der Waals surface area contributed by atoms with Gasteiger partial charge in [-0.2, -0.15) is 0 Å². The summed E-state index contributed by atoms with van der Waals surface area (Å²) >= 11 is 0. The lowest BCUT2D eigenvalue weighted by Crippen LogP contribution is -2.25. The summed E-state index contributed by atoms with van der Waals surface area (Å²) in [6, 6.07) is 10.5. The minimum atomic E-state index is -0.314. The predicted molar refractivity (Wildman–Crippen MR) is 102 cm³/mol. The number of anilines is 1. The summed E-state index contributed by atoms with van der Waals surface area (Å²) in [6.45, 7) is 3.91. The van der Waals surface area contributed by atoms with Gasteiger partial charge in [0.15, 0.2) is 0 Å². The number of aryl methyl sites for hydroxylation is 2. The van der Waals surface area contributed by atoms with Crippen molar-refractivity contribution in [1.82, 2.24) is 5.32 Å². The molecule has 1 saturated carbocycles. The molecule has 5 nitrogen and oxygen atoms in total. The number of hydrogen-bond acceptors (Lipinski definition) is 3. The Hall–Kier alpha value is -2.82. The monoisotopic (exact) mass is 352 g/mol. The lowest BCUT2D eigenvalue weighted by molar-refractivity contribution is 0.0949. The largest absolute Gasteiger partial charge is 0.508 e. The van der Waals surface area contributed by atoms with Crippen molar-refractivity contribution in [2.24, 2.45) is 0 Å². The highest BCUT2D eigenvalue weighted by Crippen LogP contribution is 2.23. The number of carbonyl (C=O) groups excluding carboxylic acids is 2. The van der Waals surface area contributed by atoms with Gasteiger partial charge in [-0.25, -0.2) is 0 Å². The lowest BCUT2D eigenvalue weighted by Gasteiger charge is -2.12. The van der Waals surface area contributed by atoms with Crippen LogP contribution >= 0.6 is 0 Å². The van der Waals surface area contributed by atoms with Crippen molar-refractivity contribution in [2.75, 3.05) is 5.32 Å². The van der Waals surface area contributed by atoms with Crippen LogP contribution < -0.4 is 10.6 Å². The number of phenolic OH excluding ortho intramolecular Hbond substituents is 1. The van der Waals surface area contributed by atoms with Crippen molar-refractivity contribution in [1.29, 1.82) is 0 Å². The number of hydrogen-bond donors (Lipinski definition) is 3. The van der Waals surface area contributed by atoms with Crippen molar-refractivity contribution in [2.45, 2.75) is 45.6 Å². The van der Waals surface area contributed by atoms with Crippen molar-refractivity contribution >= 4 is 17.5 Å². The normalized spacial score (nSPS) is 13.3. The van der Waals surface area contributed by atoms with E-state index in [1.807, 2.05) is 19.9 Å². The van der Waals surface area contributed by atoms with Crippen LogP contribution in [0.15, 0.2) is 36.4 Å². The van der Waals surface area contributed by atoms with E-state index in [0.717, 1.165) is 36.8 Å². The maximum absolute atomic E-state index is 12.5. The fourth-order valence-electron chi connectivity index (χ4n) is 2.77. The fourth-order valence-corrected chi connectivity index (χ4v) is 2.77. The molecule has 0 unspecified atom stereocenters. The zero-order valence-corrected chi connectivity index (χ0v) is 15.1. The molecular weight excluding hydrogens is 328 g/mol. The molecule has 3 rings (SSSR count). The van der Waals surface area contributed by atoms with Gasteiger partial charge in [-0.15, -0.1) is 0 Å². The summed E-state index contributed by atoms with van der Waals surface area (Å²) in [4.78, 5) is 24.7. The van der Waals surface area contributed by atoms with Gasteiger partial charge in [-0.3, -0.25) is 9.59 Å². The number of benzene rings is 2. The Kier molecular flexibility index (Phi) is 5.26. The van der Waals surface area contributed by atoms with Crippen molar-refractivity contribution < 1.29 is 14.7 Å². The maximum Gasteiger partial charge on any atom is 0.255 e. The standard InChI is InChI=1S/C21H24N2O3/c1-3-4-14-7-8-16(12-19(14)24)21(26)23-18-11-15(6-5-13(18)2)20(25)22-17-9-10-17/h5-8,11-12,17,24H,3-4,9-10H2,1-2H3,(H,22,25)(H,23,26). The molecule has 1 fully saturated rings. The topological polar surface area (TPSA) is 78.4 Å². The molecule has 0 radical (unpaired) electrons. The Morgan fingerprint density at radius 2 is 1.77 bits per heavy atom. The summed E-state index contributed by atoms with van der Waals surface area (Å²) < 4.78 is 0. The highest BCUT2D eigenvalue weighted by atomic mass is 16.3. The Balaban J connectivity index is 1.75. The van der Waals surface area contributed by atoms with Gasteiger partial charge < -0.3 is 15.7 Å². The molecule has 0 heterocycles. The molecule has 2 aromatic rings. The van der Waals surface area contributed by atoms with Gasteiger partial charge in [0, 0.05) is 22.9 Å². The van der Waals surface area contributed by atoms with Crippen LogP contribution in [0.25, 0.3) is 0 Å². The summed E-state index contributed by atoms with van der Waals surface area (Å²) in [7, 11) is 0. The van der Waals surface area contributed by atoms with Crippen LogP contribution in [0.1, 0.15) is 58.0 Å². The first-order chi connectivity index (χ1) is 12.5. The molecule has 3 N–H and O–H groups in total. The zero-order valence-electron chi connectivity index (χ0n) is 15.1. The summed E-state index contributed by atoms with van der Waals surface area (Å²) in [5, 5.41) is 15.8. The molecule has 0 atom stereocenters. The van der Waals surface area contributed by atoms with E-state index in [1.165, 1.54) is 6.07 Å². The molecule has 1 aliphatic rings. The second-order valence-corrected chi connectivity index (χ2v) is 6.83. The van der Waals surface area contributed by atoms with Crippen molar-refractivity contribution in [3.05, 3.63) is 58.7 Å². The SMILES string of the molecule is CCCc1ccc(C(=O)Nc2cc(C(=O)NC3CC3)ccc2C)cc1O. The molecule has 26 heavy (non-hydrogen) atoms. The molecule has 0 bridgehead atoms. The molecular formula is C21H24N2O3. The summed E-state index contributed by atoms with van der Waals surface area (Å²) in [5.41, 5.74) is 3.20. The van der Waals surface area contributed by atoms with E-state index in [1.54, 1.807) is 24.3 Å². The maximum atomic E-state index is 12.5. The van der Waals surface area contributed by atoms with Gasteiger partial charge in [-0.05, 0) is 61.6 Å². The van der Waals surface area contributed by atoms with E-state index >= 15 is 0 Å². The van der Waals surface area contributed by atoms with E-state index in [2.05, 4.69) is 10.6 Å². The number of amides is 2. The van der Waals surface area contributed by atoms with Gasteiger partial charge in [0.25, 0.3) is 11.8 Å². The Morgan fingerprint density at radius 1 is 1.08 bits per heavy atom. The van der Waals surface area contributed by atoms with Crippen LogP contribution in [-0.2, 0) is 6.42 Å². The van der Waals surface area contributed by atoms with E-state index < -0.39 is 0 Å². The third-order valence-electron chi connectivity index (χ3n) is 4.53. The molecule has 1 aliphatic carbocycles. The van der Waals surface area contributed by atoms with E-state index in [-0.39, 0.29) is 23.6 Å². The minimum absolute atomic E-state index is 0.121. The molecule has 2 aromatic carbocycles. The lowest BCUT2D eigenvalue weighted by atomic mass is 10.1. The van der Waals surface area contributed by atoms with Crippen molar-refractivity contribution in [3.63, 3.8) is 0 Å². The zero-order chi connectivity index (χ0) is 18.7. The Bertz CT molecular complexity index is 841. The molecule has 0 saturated heterocycles. The summed E-state index contributed by atoms with van der Waals surface area (Å²) in [6.07, 6.45) is 3.75. The third-order valence-corrected chi connectivity index (χ3v) is 4.53. The number of carbonyl (C=O) groups is 2. The fraction of sp³-hybridized carbons (Fsp3) is 0.333. The third kappa shape index (κ3) is 4.23. The van der Waals surface area contributed by atoms with Crippen LogP contribution in [0.3, 0.4) is 0 Å². The first kappa shape index (κ1) is 18.0. The van der Waals surface area contributed by atoms with Gasteiger partial charge in [0.2, 0.25) is 0 Å². The quantitative estimate of drug-likeness (QED) is 0.740. The number of phenols is 1. The van der Waals surface area contributed by atoms with E-state index in [4.69, 9.17) is 0 Å². The highest BCUT2D eigenvalue weighted by Gasteiger charge is 2.24. The predicted octanol–water partition coefficient (Wildman–Crippen LogP) is 3.80. The van der Waals surface area contributed by atoms with Crippen LogP contribution in [0, 0.1) is 6.92 Å². The second kappa shape index (κ2) is 7.60. The average Bonchev–Trinajstić information content (AvgIpc) is 3.42. The first-order valence-corrected chi connectivity index (χ1v) is 9.02. The molecule has 0 spiro atoms. The van der Waals surface area contributed by atoms with Gasteiger partial charge in [-0.1, -0.05) is 25.5 Å². The number of nitrogens with one attached hydrogen (secondary N) is 2. The van der Waals surface area contributed by atoms with Crippen LogP contribution in [0.2, 0.25) is 0 Å². The summed E-state index contributed by atoms with van der Waals surface area (Å²) in [5.74, 6) is -0.301. The van der Waals surface area contributed by atoms with Crippen LogP contribution in [-0.4, -0.2) is 23.0 Å². The minimum Gasteiger partial charge on any atom is -0.508 e. The Labute approximate surface area is 153 Å². The smallest absolute Gasteiger partial charge is 0.255 e. The van der Waals surface area contributed by atoms with Gasteiger partial charge >= 0.3 is 0 Å². The van der Waals surface area contributed by atoms with Gasteiger partial charge in [0.05, 0.1) is 0 Å².